The molecule has 1 aliphatic heterocycles. The molecule has 14 heteroatoms. The molecule has 0 bridgehead atoms. The first kappa shape index (κ1) is 27.8. The number of aromatic nitrogens is 2. The smallest absolute Gasteiger partial charge is 0.363 e. The molecule has 2 aromatic rings. The van der Waals surface area contributed by atoms with E-state index in [2.05, 4.69) is 34.5 Å². The summed E-state index contributed by atoms with van der Waals surface area (Å²) >= 11 is 6.29. The Balaban J connectivity index is 1.56. The van der Waals surface area contributed by atoms with Gasteiger partial charge in [-0.2, -0.15) is 22.6 Å². The van der Waals surface area contributed by atoms with Gasteiger partial charge in [0.1, 0.15) is 4.21 Å². The van der Waals surface area contributed by atoms with Crippen molar-refractivity contribution in [3.8, 4) is 10.6 Å². The van der Waals surface area contributed by atoms with Gasteiger partial charge in [-0.05, 0) is 62.9 Å². The summed E-state index contributed by atoms with van der Waals surface area (Å²) in [7, 11) is -2.38. The zero-order valence-corrected chi connectivity index (χ0v) is 22.4. The lowest BCUT2D eigenvalue weighted by Crippen LogP contribution is -2.44. The number of alkyl halides is 3. The van der Waals surface area contributed by atoms with E-state index >= 15 is 0 Å². The first-order chi connectivity index (χ1) is 16.5. The van der Waals surface area contributed by atoms with Gasteiger partial charge in [0.25, 0.3) is 10.0 Å². The molecule has 1 atom stereocenters. The summed E-state index contributed by atoms with van der Waals surface area (Å²) in [5, 5.41) is 10.4. The zero-order chi connectivity index (χ0) is 25.8. The minimum absolute atomic E-state index is 0.0833. The van der Waals surface area contributed by atoms with Gasteiger partial charge in [-0.3, -0.25) is 4.68 Å². The maximum atomic E-state index is 13.1. The second-order valence-corrected chi connectivity index (χ2v) is 11.9. The van der Waals surface area contributed by atoms with Gasteiger partial charge < -0.3 is 15.5 Å². The van der Waals surface area contributed by atoms with E-state index in [0.717, 1.165) is 54.7 Å². The number of aryl methyl sites for hydroxylation is 1. The van der Waals surface area contributed by atoms with Crippen molar-refractivity contribution >= 4 is 38.7 Å². The van der Waals surface area contributed by atoms with Crippen LogP contribution < -0.4 is 10.6 Å². The van der Waals surface area contributed by atoms with E-state index in [1.54, 1.807) is 0 Å². The Morgan fingerprint density at radius 1 is 1.31 bits per heavy atom. The maximum absolute atomic E-state index is 13.1. The van der Waals surface area contributed by atoms with E-state index in [-0.39, 0.29) is 22.5 Å². The molecule has 0 amide bonds. The molecule has 1 aliphatic rings. The van der Waals surface area contributed by atoms with E-state index < -0.39 is 21.9 Å². The van der Waals surface area contributed by atoms with Crippen LogP contribution in [0.15, 0.2) is 22.4 Å². The number of nitrogens with one attached hydrogen (secondary N) is 2. The molecule has 1 unspecified atom stereocenters. The molecule has 3 heterocycles. The SMILES string of the molecule is CCN(CC)CCCNC(=S)NC1CCN(S(=O)(=O)c2ccc(-c3cc(C(F)(F)F)nn3C)s2)C1. The number of rotatable bonds is 10. The van der Waals surface area contributed by atoms with Crippen molar-refractivity contribution in [1.82, 2.24) is 29.6 Å². The van der Waals surface area contributed by atoms with E-state index in [1.165, 1.54) is 23.5 Å². The number of halogens is 3. The highest BCUT2D eigenvalue weighted by molar-refractivity contribution is 7.91. The average molecular weight is 553 g/mol. The van der Waals surface area contributed by atoms with Gasteiger partial charge in [0.15, 0.2) is 10.8 Å². The van der Waals surface area contributed by atoms with Gasteiger partial charge in [0, 0.05) is 32.7 Å². The number of hydrogen-bond acceptors (Lipinski definition) is 6. The number of thiocarbonyl (C=S) groups is 1. The number of thiophene rings is 1. The Bertz CT molecular complexity index is 1110. The van der Waals surface area contributed by atoms with Crippen LogP contribution in [0.4, 0.5) is 13.2 Å². The quantitative estimate of drug-likeness (QED) is 0.346. The Hall–Kier alpha value is -1.74. The third-order valence-corrected chi connectivity index (χ3v) is 9.62. The van der Waals surface area contributed by atoms with Gasteiger partial charge in [-0.15, -0.1) is 11.3 Å². The molecule has 35 heavy (non-hydrogen) atoms. The average Bonchev–Trinajstić information content (AvgIpc) is 3.53. The van der Waals surface area contributed by atoms with Gasteiger partial charge >= 0.3 is 6.18 Å². The van der Waals surface area contributed by atoms with Crippen molar-refractivity contribution in [2.45, 2.75) is 43.1 Å². The predicted octanol–water partition coefficient (Wildman–Crippen LogP) is 3.13. The standard InChI is InChI=1S/C21H31F3N6O2S3/c1-4-29(5-2)11-6-10-25-20(33)26-15-9-12-30(14-15)35(31,32)19-8-7-17(34-19)16-13-18(21(22,23)24)27-28(16)3/h7-8,13,15H,4-6,9-12,14H2,1-3H3,(H2,25,26,33). The van der Waals surface area contributed by atoms with Crippen molar-refractivity contribution in [3.05, 3.63) is 23.9 Å². The van der Waals surface area contributed by atoms with Crippen molar-refractivity contribution in [1.29, 1.82) is 0 Å². The Kier molecular flexibility index (Phi) is 9.18. The summed E-state index contributed by atoms with van der Waals surface area (Å²) in [6, 6.07) is 3.75. The summed E-state index contributed by atoms with van der Waals surface area (Å²) in [6.45, 7) is 8.59. The lowest BCUT2D eigenvalue weighted by molar-refractivity contribution is -0.141. The molecule has 3 rings (SSSR count). The highest BCUT2D eigenvalue weighted by Gasteiger charge is 2.36. The fourth-order valence-corrected chi connectivity index (χ4v) is 7.18. The predicted molar refractivity (Wildman–Crippen MR) is 135 cm³/mol. The van der Waals surface area contributed by atoms with Crippen LogP contribution in [-0.4, -0.2) is 77.8 Å². The number of nitrogens with zero attached hydrogens (tertiary/aromatic N) is 4. The minimum Gasteiger partial charge on any atom is -0.363 e. The summed E-state index contributed by atoms with van der Waals surface area (Å²) < 4.78 is 67.8. The Morgan fingerprint density at radius 3 is 2.66 bits per heavy atom. The van der Waals surface area contributed by atoms with Crippen molar-refractivity contribution in [2.24, 2.45) is 7.05 Å². The largest absolute Gasteiger partial charge is 0.435 e. The maximum Gasteiger partial charge on any atom is 0.435 e. The monoisotopic (exact) mass is 552 g/mol. The van der Waals surface area contributed by atoms with Crippen LogP contribution >= 0.6 is 23.6 Å². The zero-order valence-electron chi connectivity index (χ0n) is 19.9. The lowest BCUT2D eigenvalue weighted by atomic mass is 10.3. The first-order valence-electron chi connectivity index (χ1n) is 11.4. The van der Waals surface area contributed by atoms with Crippen LogP contribution in [0.5, 0.6) is 0 Å². The van der Waals surface area contributed by atoms with E-state index in [1.807, 2.05) is 0 Å². The molecular formula is C21H31F3N6O2S3. The fourth-order valence-electron chi connectivity index (χ4n) is 3.91. The van der Waals surface area contributed by atoms with Gasteiger partial charge in [-0.1, -0.05) is 13.8 Å². The highest BCUT2D eigenvalue weighted by Crippen LogP contribution is 2.36. The molecule has 2 N–H and O–H groups in total. The third kappa shape index (κ3) is 6.94. The van der Waals surface area contributed by atoms with E-state index in [0.29, 0.717) is 23.0 Å². The van der Waals surface area contributed by atoms with Gasteiger partial charge in [0.2, 0.25) is 0 Å². The summed E-state index contributed by atoms with van der Waals surface area (Å²) in [5.74, 6) is 0. The molecule has 0 aromatic carbocycles. The van der Waals surface area contributed by atoms with Crippen LogP contribution in [0.3, 0.4) is 0 Å². The summed E-state index contributed by atoms with van der Waals surface area (Å²) in [5.41, 5.74) is -0.805. The topological polar surface area (TPSA) is 82.5 Å². The number of hydrogen-bond donors (Lipinski definition) is 2. The van der Waals surface area contributed by atoms with E-state index in [9.17, 15) is 21.6 Å². The fraction of sp³-hybridized carbons (Fsp3) is 0.619. The molecule has 2 aromatic heterocycles. The Morgan fingerprint density at radius 2 is 2.03 bits per heavy atom. The molecule has 0 spiro atoms. The molecule has 0 radical (unpaired) electrons. The first-order valence-corrected chi connectivity index (χ1v) is 14.1. The molecule has 0 saturated carbocycles. The van der Waals surface area contributed by atoms with Gasteiger partial charge in [0.05, 0.1) is 10.6 Å². The van der Waals surface area contributed by atoms with Crippen LogP contribution in [0.25, 0.3) is 10.6 Å². The normalized spacial score (nSPS) is 17.3. The molecule has 1 fully saturated rings. The van der Waals surface area contributed by atoms with Crippen LogP contribution in [0, 0.1) is 0 Å². The number of sulfonamides is 1. The molecule has 0 aliphatic carbocycles. The van der Waals surface area contributed by atoms with Crippen molar-refractivity contribution < 1.29 is 21.6 Å². The van der Waals surface area contributed by atoms with E-state index in [4.69, 9.17) is 12.2 Å². The van der Waals surface area contributed by atoms with Gasteiger partial charge in [-0.25, -0.2) is 8.42 Å². The molecule has 8 nitrogen and oxygen atoms in total. The lowest BCUT2D eigenvalue weighted by Gasteiger charge is -2.20. The second kappa shape index (κ2) is 11.5. The molecule has 1 saturated heterocycles. The van der Waals surface area contributed by atoms with Crippen LogP contribution in [0.2, 0.25) is 0 Å². The second-order valence-electron chi connectivity index (χ2n) is 8.28. The minimum atomic E-state index is -4.57. The summed E-state index contributed by atoms with van der Waals surface area (Å²) in [6.07, 6.45) is -3.01. The van der Waals surface area contributed by atoms with Crippen LogP contribution in [-0.2, 0) is 23.2 Å². The van der Waals surface area contributed by atoms with Crippen LogP contribution in [0.1, 0.15) is 32.4 Å². The molecular weight excluding hydrogens is 521 g/mol. The van der Waals surface area contributed by atoms with Crippen molar-refractivity contribution in [3.63, 3.8) is 0 Å². The highest BCUT2D eigenvalue weighted by atomic mass is 32.2. The Labute approximate surface area is 213 Å². The summed E-state index contributed by atoms with van der Waals surface area (Å²) in [4.78, 5) is 2.73. The molecule has 196 valence electrons. The third-order valence-electron chi connectivity index (χ3n) is 5.92. The van der Waals surface area contributed by atoms with Crippen molar-refractivity contribution in [2.75, 3.05) is 39.3 Å².